The minimum atomic E-state index is -2.47. The third-order valence-corrected chi connectivity index (χ3v) is 14.9. The summed E-state index contributed by atoms with van der Waals surface area (Å²) in [5.74, 6) is 0.926. The molecule has 0 radical (unpaired) electrons. The van der Waals surface area contributed by atoms with Gasteiger partial charge in [0.2, 0.25) is 0 Å². The van der Waals surface area contributed by atoms with E-state index in [4.69, 9.17) is 4.74 Å². The lowest BCUT2D eigenvalue weighted by Crippen LogP contribution is -2.34. The van der Waals surface area contributed by atoms with Crippen LogP contribution < -0.4 is 20.7 Å². The minimum Gasteiger partial charge on any atom is -0.494 e. The van der Waals surface area contributed by atoms with E-state index < -0.39 is 7.26 Å². The standard InChI is InChI=1S/C53H46OP/c1-2-3-38-54-46-36-34-41(35-37-46)40-55(47-30-18-8-19-31-47,48-32-20-9-21-33-48)50-39-49(42-22-10-4-11-23-42)51(43-24-12-5-13-25-43)53(45-28-16-7-17-29-45)52(50)44-26-14-6-15-27-44/h4-37,39H,2-3,38,40H2,1H3/q+1. The molecule has 1 nitrogen and oxygen atoms in total. The number of hydrogen-bond donors (Lipinski definition) is 0. The molecule has 268 valence electrons. The quantitative estimate of drug-likeness (QED) is 0.0848. The molecule has 8 aromatic carbocycles. The highest BCUT2D eigenvalue weighted by Crippen LogP contribution is 2.62. The molecule has 0 heterocycles. The molecule has 0 N–H and O–H groups in total. The second-order valence-electron chi connectivity index (χ2n) is 14.0. The zero-order chi connectivity index (χ0) is 37.3. The Hall–Kier alpha value is -6.01. The van der Waals surface area contributed by atoms with Crippen LogP contribution in [0.1, 0.15) is 25.3 Å². The Morgan fingerprint density at radius 2 is 0.836 bits per heavy atom. The Morgan fingerprint density at radius 1 is 0.418 bits per heavy atom. The van der Waals surface area contributed by atoms with E-state index >= 15 is 0 Å². The maximum atomic E-state index is 6.16. The van der Waals surface area contributed by atoms with Crippen molar-refractivity contribution >= 4 is 23.2 Å². The molecule has 55 heavy (non-hydrogen) atoms. The van der Waals surface area contributed by atoms with E-state index in [0.717, 1.165) is 31.4 Å². The number of unbranched alkanes of at least 4 members (excludes halogenated alkanes) is 1. The molecule has 8 aromatic rings. The fraction of sp³-hybridized carbons (Fsp3) is 0.0943. The van der Waals surface area contributed by atoms with Gasteiger partial charge in [0.15, 0.2) is 0 Å². The van der Waals surface area contributed by atoms with Gasteiger partial charge < -0.3 is 4.74 Å². The van der Waals surface area contributed by atoms with Gasteiger partial charge in [-0.3, -0.25) is 0 Å². The van der Waals surface area contributed by atoms with Crippen LogP contribution in [0.5, 0.6) is 5.75 Å². The highest BCUT2D eigenvalue weighted by molar-refractivity contribution is 7.95. The van der Waals surface area contributed by atoms with Crippen LogP contribution in [0, 0.1) is 0 Å². The second-order valence-corrected chi connectivity index (χ2v) is 17.5. The van der Waals surface area contributed by atoms with Gasteiger partial charge in [-0.25, -0.2) is 0 Å². The zero-order valence-electron chi connectivity index (χ0n) is 31.4. The molecule has 0 aliphatic heterocycles. The van der Waals surface area contributed by atoms with E-state index in [1.54, 1.807) is 0 Å². The van der Waals surface area contributed by atoms with Crippen molar-refractivity contribution in [3.05, 3.63) is 218 Å². The zero-order valence-corrected chi connectivity index (χ0v) is 32.3. The first-order valence-corrected chi connectivity index (χ1v) is 21.4. The van der Waals surface area contributed by atoms with Crippen molar-refractivity contribution in [3.63, 3.8) is 0 Å². The molecule has 0 aliphatic rings. The summed E-state index contributed by atoms with van der Waals surface area (Å²) in [7, 11) is -2.47. The third kappa shape index (κ3) is 7.54. The molecule has 0 atom stereocenters. The molecule has 2 heteroatoms. The van der Waals surface area contributed by atoms with Crippen LogP contribution in [0.25, 0.3) is 44.5 Å². The van der Waals surface area contributed by atoms with E-state index in [-0.39, 0.29) is 0 Å². The fourth-order valence-corrected chi connectivity index (χ4v) is 12.4. The van der Waals surface area contributed by atoms with Gasteiger partial charge in [-0.05, 0) is 87.8 Å². The molecule has 0 fully saturated rings. The largest absolute Gasteiger partial charge is 0.494 e. The summed E-state index contributed by atoms with van der Waals surface area (Å²) in [5, 5.41) is 4.08. The SMILES string of the molecule is CCCCOc1ccc(C[P+](c2ccccc2)(c2ccccc2)c2cc(-c3ccccc3)c(-c3ccccc3)c(-c3ccccc3)c2-c2ccccc2)cc1. The summed E-state index contributed by atoms with van der Waals surface area (Å²) in [6.45, 7) is 2.94. The van der Waals surface area contributed by atoms with Crippen molar-refractivity contribution in [2.24, 2.45) is 0 Å². The molecule has 0 bridgehead atoms. The number of ether oxygens (including phenoxy) is 1. The average Bonchev–Trinajstić information content (AvgIpc) is 3.27. The third-order valence-electron chi connectivity index (χ3n) is 10.5. The molecule has 0 aromatic heterocycles. The number of benzene rings is 8. The highest BCUT2D eigenvalue weighted by atomic mass is 31.2. The summed E-state index contributed by atoms with van der Waals surface area (Å²) < 4.78 is 6.16. The Morgan fingerprint density at radius 3 is 1.31 bits per heavy atom. The van der Waals surface area contributed by atoms with E-state index in [1.807, 2.05) is 0 Å². The molecule has 8 rings (SSSR count). The predicted octanol–water partition coefficient (Wildman–Crippen LogP) is 13.0. The van der Waals surface area contributed by atoms with E-state index in [9.17, 15) is 0 Å². The number of hydrogen-bond acceptors (Lipinski definition) is 1. The van der Waals surface area contributed by atoms with Crippen LogP contribution in [0.15, 0.2) is 212 Å². The highest BCUT2D eigenvalue weighted by Gasteiger charge is 2.48. The Kier molecular flexibility index (Phi) is 11.1. The maximum Gasteiger partial charge on any atom is 0.119 e. The van der Waals surface area contributed by atoms with Gasteiger partial charge in [-0.2, -0.15) is 0 Å². The van der Waals surface area contributed by atoms with Crippen molar-refractivity contribution in [1.29, 1.82) is 0 Å². The summed E-state index contributed by atoms with van der Waals surface area (Å²) in [6, 6.07) is 78.2. The summed E-state index contributed by atoms with van der Waals surface area (Å²) in [5.41, 5.74) is 11.1. The first-order chi connectivity index (χ1) is 27.3. The molecular formula is C53H46OP+. The molecule has 0 aliphatic carbocycles. The van der Waals surface area contributed by atoms with Crippen LogP contribution in [-0.2, 0) is 6.16 Å². The molecule has 0 saturated carbocycles. The van der Waals surface area contributed by atoms with Crippen molar-refractivity contribution < 1.29 is 4.74 Å². The second kappa shape index (κ2) is 17.0. The van der Waals surface area contributed by atoms with Crippen molar-refractivity contribution in [3.8, 4) is 50.3 Å². The summed E-state index contributed by atoms with van der Waals surface area (Å²) in [6.07, 6.45) is 3.01. The van der Waals surface area contributed by atoms with E-state index in [2.05, 4.69) is 219 Å². The Bertz CT molecular complexity index is 2370. The minimum absolute atomic E-state index is 0.736. The van der Waals surface area contributed by atoms with Crippen molar-refractivity contribution in [2.75, 3.05) is 6.61 Å². The van der Waals surface area contributed by atoms with Gasteiger partial charge in [0.05, 0.1) is 12.8 Å². The van der Waals surface area contributed by atoms with Gasteiger partial charge in [0.1, 0.15) is 28.9 Å². The maximum absolute atomic E-state index is 6.16. The Balaban J connectivity index is 1.54. The monoisotopic (exact) mass is 729 g/mol. The topological polar surface area (TPSA) is 9.23 Å². The van der Waals surface area contributed by atoms with Crippen LogP contribution >= 0.6 is 7.26 Å². The molecule has 0 spiro atoms. The first-order valence-electron chi connectivity index (χ1n) is 19.4. The molecule has 0 amide bonds. The molecule has 0 saturated heterocycles. The van der Waals surface area contributed by atoms with Crippen LogP contribution in [0.3, 0.4) is 0 Å². The Labute approximate surface area is 327 Å². The van der Waals surface area contributed by atoms with Gasteiger partial charge in [0.25, 0.3) is 0 Å². The fourth-order valence-electron chi connectivity index (χ4n) is 7.87. The number of rotatable bonds is 13. The normalized spacial score (nSPS) is 11.3. The summed E-state index contributed by atoms with van der Waals surface area (Å²) in [4.78, 5) is 0. The van der Waals surface area contributed by atoms with Crippen LogP contribution in [-0.4, -0.2) is 6.61 Å². The van der Waals surface area contributed by atoms with Gasteiger partial charge >= 0.3 is 0 Å². The summed E-state index contributed by atoms with van der Waals surface area (Å²) >= 11 is 0. The molecular weight excluding hydrogens is 684 g/mol. The average molecular weight is 730 g/mol. The predicted molar refractivity (Wildman–Crippen MR) is 237 cm³/mol. The van der Waals surface area contributed by atoms with E-state index in [0.29, 0.717) is 0 Å². The lowest BCUT2D eigenvalue weighted by molar-refractivity contribution is 0.309. The lowest BCUT2D eigenvalue weighted by atomic mass is 9.83. The first kappa shape index (κ1) is 36.0. The van der Waals surface area contributed by atoms with Gasteiger partial charge in [-0.15, -0.1) is 0 Å². The van der Waals surface area contributed by atoms with E-state index in [1.165, 1.54) is 66.0 Å². The van der Waals surface area contributed by atoms with Crippen molar-refractivity contribution in [1.82, 2.24) is 0 Å². The van der Waals surface area contributed by atoms with Gasteiger partial charge in [-0.1, -0.05) is 183 Å². The lowest BCUT2D eigenvalue weighted by Gasteiger charge is -2.32. The molecule has 0 unspecified atom stereocenters. The van der Waals surface area contributed by atoms with Gasteiger partial charge in [0, 0.05) is 11.1 Å². The smallest absolute Gasteiger partial charge is 0.119 e. The van der Waals surface area contributed by atoms with Crippen LogP contribution in [0.2, 0.25) is 0 Å². The van der Waals surface area contributed by atoms with Crippen LogP contribution in [0.4, 0.5) is 0 Å². The van der Waals surface area contributed by atoms with Crippen molar-refractivity contribution in [2.45, 2.75) is 25.9 Å².